The zero-order valence-corrected chi connectivity index (χ0v) is 12.7. The third-order valence-electron chi connectivity index (χ3n) is 3.89. The van der Waals surface area contributed by atoms with Gasteiger partial charge in [0.1, 0.15) is 11.8 Å². The molecule has 1 amide bonds. The molecule has 0 bridgehead atoms. The van der Waals surface area contributed by atoms with Crippen LogP contribution in [-0.2, 0) is 9.53 Å². The van der Waals surface area contributed by atoms with Crippen molar-refractivity contribution in [3.8, 4) is 5.75 Å². The first-order valence-electron chi connectivity index (χ1n) is 7.12. The Morgan fingerprint density at radius 2 is 2.00 bits per heavy atom. The summed E-state index contributed by atoms with van der Waals surface area (Å²) in [6, 6.07) is 4.86. The fourth-order valence-electron chi connectivity index (χ4n) is 2.67. The van der Waals surface area contributed by atoms with Gasteiger partial charge in [-0.1, -0.05) is 6.07 Å². The number of piperidine rings is 1. The number of likely N-dealkylation sites (tertiary alicyclic amines) is 1. The van der Waals surface area contributed by atoms with Crippen LogP contribution in [-0.4, -0.2) is 43.6 Å². The van der Waals surface area contributed by atoms with Crippen LogP contribution >= 0.6 is 0 Å². The summed E-state index contributed by atoms with van der Waals surface area (Å²) in [7, 11) is 2.93. The molecular weight excluding hydrogens is 270 g/mol. The van der Waals surface area contributed by atoms with Gasteiger partial charge in [-0.2, -0.15) is 0 Å². The van der Waals surface area contributed by atoms with Crippen molar-refractivity contribution < 1.29 is 19.1 Å². The minimum atomic E-state index is -0.483. The molecule has 1 aliphatic heterocycles. The summed E-state index contributed by atoms with van der Waals surface area (Å²) >= 11 is 0. The average molecular weight is 291 g/mol. The quantitative estimate of drug-likeness (QED) is 0.801. The number of rotatable bonds is 3. The topological polar surface area (TPSA) is 55.8 Å². The second-order valence-corrected chi connectivity index (χ2v) is 5.22. The fourth-order valence-corrected chi connectivity index (χ4v) is 2.67. The number of carbonyl (C=O) groups is 2. The van der Waals surface area contributed by atoms with Crippen molar-refractivity contribution in [3.05, 3.63) is 29.3 Å². The van der Waals surface area contributed by atoms with Crippen molar-refractivity contribution >= 4 is 11.9 Å². The van der Waals surface area contributed by atoms with E-state index in [2.05, 4.69) is 0 Å². The maximum atomic E-state index is 12.7. The third kappa shape index (κ3) is 3.17. The van der Waals surface area contributed by atoms with Crippen LogP contribution in [0.3, 0.4) is 0 Å². The molecule has 1 saturated heterocycles. The lowest BCUT2D eigenvalue weighted by molar-refractivity contribution is -0.147. The molecule has 5 nitrogen and oxygen atoms in total. The molecule has 114 valence electrons. The van der Waals surface area contributed by atoms with Crippen molar-refractivity contribution in [1.82, 2.24) is 4.90 Å². The highest BCUT2D eigenvalue weighted by atomic mass is 16.5. The lowest BCUT2D eigenvalue weighted by Crippen LogP contribution is -2.48. The highest BCUT2D eigenvalue weighted by molar-refractivity contribution is 5.97. The Morgan fingerprint density at radius 3 is 2.67 bits per heavy atom. The zero-order valence-electron chi connectivity index (χ0n) is 12.7. The Bertz CT molecular complexity index is 541. The number of carbonyl (C=O) groups excluding carboxylic acids is 2. The number of hydrogen-bond acceptors (Lipinski definition) is 4. The highest BCUT2D eigenvalue weighted by Gasteiger charge is 2.33. The predicted octanol–water partition coefficient (Wildman–Crippen LogP) is 2.17. The molecule has 0 spiro atoms. The summed E-state index contributed by atoms with van der Waals surface area (Å²) in [5, 5.41) is 0. The van der Waals surface area contributed by atoms with Gasteiger partial charge in [-0.25, -0.2) is 4.79 Å². The fraction of sp³-hybridized carbons (Fsp3) is 0.500. The van der Waals surface area contributed by atoms with E-state index in [-0.39, 0.29) is 11.9 Å². The first-order chi connectivity index (χ1) is 10.1. The molecule has 1 aliphatic rings. The van der Waals surface area contributed by atoms with Crippen LogP contribution in [0.4, 0.5) is 0 Å². The van der Waals surface area contributed by atoms with Gasteiger partial charge in [0.05, 0.1) is 14.2 Å². The van der Waals surface area contributed by atoms with Crippen molar-refractivity contribution in [3.63, 3.8) is 0 Å². The molecule has 1 unspecified atom stereocenters. The summed E-state index contributed by atoms with van der Waals surface area (Å²) in [6.45, 7) is 2.50. The van der Waals surface area contributed by atoms with Crippen LogP contribution in [0.1, 0.15) is 35.2 Å². The van der Waals surface area contributed by atoms with Crippen LogP contribution in [0, 0.1) is 6.92 Å². The molecular formula is C16H21NO4. The number of methoxy groups -OCH3 is 2. The van der Waals surface area contributed by atoms with E-state index in [9.17, 15) is 9.59 Å². The van der Waals surface area contributed by atoms with Gasteiger partial charge >= 0.3 is 5.97 Å². The van der Waals surface area contributed by atoms with Crippen LogP contribution < -0.4 is 4.74 Å². The van der Waals surface area contributed by atoms with Crippen molar-refractivity contribution in [2.45, 2.75) is 32.2 Å². The SMILES string of the molecule is COC(=O)C1CCCCN1C(=O)c1ccc(C)c(OC)c1. The van der Waals surface area contributed by atoms with E-state index in [0.29, 0.717) is 24.3 Å². The second kappa shape index (κ2) is 6.61. The molecule has 0 saturated carbocycles. The van der Waals surface area contributed by atoms with Gasteiger partial charge in [-0.05, 0) is 43.9 Å². The van der Waals surface area contributed by atoms with Crippen LogP contribution in [0.15, 0.2) is 18.2 Å². The van der Waals surface area contributed by atoms with E-state index in [0.717, 1.165) is 18.4 Å². The standard InChI is InChI=1S/C16H21NO4/c1-11-7-8-12(10-14(11)20-2)15(18)17-9-5-4-6-13(17)16(19)21-3/h7-8,10,13H,4-6,9H2,1-3H3. The summed E-state index contributed by atoms with van der Waals surface area (Å²) in [5.74, 6) is 0.179. The molecule has 1 aromatic rings. The van der Waals surface area contributed by atoms with Crippen molar-refractivity contribution in [2.24, 2.45) is 0 Å². The molecule has 0 aliphatic carbocycles. The first kappa shape index (κ1) is 15.4. The number of amides is 1. The van der Waals surface area contributed by atoms with Crippen LogP contribution in [0.5, 0.6) is 5.75 Å². The molecule has 0 aromatic heterocycles. The van der Waals surface area contributed by atoms with E-state index in [4.69, 9.17) is 9.47 Å². The van der Waals surface area contributed by atoms with Gasteiger partial charge in [-0.15, -0.1) is 0 Å². The minimum absolute atomic E-state index is 0.150. The van der Waals surface area contributed by atoms with Crippen LogP contribution in [0.2, 0.25) is 0 Å². The van der Waals surface area contributed by atoms with Crippen LogP contribution in [0.25, 0.3) is 0 Å². The lowest BCUT2D eigenvalue weighted by Gasteiger charge is -2.33. The number of aryl methyl sites for hydroxylation is 1. The molecule has 0 radical (unpaired) electrons. The summed E-state index contributed by atoms with van der Waals surface area (Å²) < 4.78 is 10.1. The van der Waals surface area contributed by atoms with Crippen molar-refractivity contribution in [1.29, 1.82) is 0 Å². The van der Waals surface area contributed by atoms with E-state index in [1.807, 2.05) is 13.0 Å². The van der Waals surface area contributed by atoms with Gasteiger partial charge in [0.15, 0.2) is 0 Å². The van der Waals surface area contributed by atoms with E-state index < -0.39 is 6.04 Å². The largest absolute Gasteiger partial charge is 0.496 e. The van der Waals surface area contributed by atoms with Gasteiger partial charge in [0, 0.05) is 12.1 Å². The van der Waals surface area contributed by atoms with Gasteiger partial charge in [0.25, 0.3) is 5.91 Å². The smallest absolute Gasteiger partial charge is 0.328 e. The molecule has 1 atom stereocenters. The molecule has 0 N–H and O–H groups in total. The second-order valence-electron chi connectivity index (χ2n) is 5.22. The van der Waals surface area contributed by atoms with Gasteiger partial charge in [-0.3, -0.25) is 4.79 Å². The van der Waals surface area contributed by atoms with E-state index in [1.165, 1.54) is 7.11 Å². The Morgan fingerprint density at radius 1 is 1.24 bits per heavy atom. The normalized spacial score (nSPS) is 18.2. The van der Waals surface area contributed by atoms with Gasteiger partial charge < -0.3 is 14.4 Å². The predicted molar refractivity (Wildman–Crippen MR) is 78.4 cm³/mol. The Kier molecular flexibility index (Phi) is 4.83. The number of hydrogen-bond donors (Lipinski definition) is 0. The molecule has 1 heterocycles. The molecule has 21 heavy (non-hydrogen) atoms. The third-order valence-corrected chi connectivity index (χ3v) is 3.89. The summed E-state index contributed by atoms with van der Waals surface area (Å²) in [4.78, 5) is 26.1. The minimum Gasteiger partial charge on any atom is -0.496 e. The maximum absolute atomic E-state index is 12.7. The maximum Gasteiger partial charge on any atom is 0.328 e. The first-order valence-corrected chi connectivity index (χ1v) is 7.12. The molecule has 2 rings (SSSR count). The molecule has 1 fully saturated rings. The lowest BCUT2D eigenvalue weighted by atomic mass is 10.0. The number of ether oxygens (including phenoxy) is 2. The Labute approximate surface area is 124 Å². The number of nitrogens with zero attached hydrogens (tertiary/aromatic N) is 1. The number of esters is 1. The molecule has 1 aromatic carbocycles. The van der Waals surface area contributed by atoms with E-state index >= 15 is 0 Å². The van der Waals surface area contributed by atoms with Crippen molar-refractivity contribution in [2.75, 3.05) is 20.8 Å². The van der Waals surface area contributed by atoms with E-state index in [1.54, 1.807) is 24.1 Å². The Balaban J connectivity index is 2.26. The zero-order chi connectivity index (χ0) is 15.4. The Hall–Kier alpha value is -2.04. The highest BCUT2D eigenvalue weighted by Crippen LogP contribution is 2.24. The number of benzene rings is 1. The monoisotopic (exact) mass is 291 g/mol. The summed E-state index contributed by atoms with van der Waals surface area (Å²) in [5.41, 5.74) is 1.51. The summed E-state index contributed by atoms with van der Waals surface area (Å²) in [6.07, 6.45) is 2.49. The molecule has 5 heteroatoms. The van der Waals surface area contributed by atoms with Gasteiger partial charge in [0.2, 0.25) is 0 Å². The average Bonchev–Trinajstić information content (AvgIpc) is 2.54.